The Morgan fingerprint density at radius 2 is 0.750 bits per heavy atom. The van der Waals surface area contributed by atoms with Crippen LogP contribution in [0.25, 0.3) is 43.9 Å². The van der Waals surface area contributed by atoms with Crippen LogP contribution in [-0.2, 0) is 0 Å². The third-order valence-electron chi connectivity index (χ3n) is 6.77. The Balaban J connectivity index is 0.000000137. The number of hydrogen-bond donors (Lipinski definition) is 0. The molecule has 0 atom stereocenters. The number of fused-ring (bicyclic) bond motifs is 7. The molecule has 7 aromatic rings. The van der Waals surface area contributed by atoms with Gasteiger partial charge in [-0.15, -0.1) is 0 Å². The van der Waals surface area contributed by atoms with Gasteiger partial charge in [-0.1, -0.05) is 12.1 Å². The van der Waals surface area contributed by atoms with Gasteiger partial charge in [0.05, 0.1) is 67.3 Å². The topological polar surface area (TPSA) is 103 Å². The van der Waals surface area contributed by atoms with Gasteiger partial charge in [0.25, 0.3) is 0 Å². The van der Waals surface area contributed by atoms with Gasteiger partial charge in [0, 0.05) is 35.6 Å². The van der Waals surface area contributed by atoms with Crippen molar-refractivity contribution in [2.24, 2.45) is 0 Å². The minimum atomic E-state index is 0.883. The van der Waals surface area contributed by atoms with E-state index in [1.807, 2.05) is 90.1 Å². The predicted molar refractivity (Wildman–Crippen MR) is 160 cm³/mol. The van der Waals surface area contributed by atoms with Crippen molar-refractivity contribution in [3.63, 3.8) is 0 Å². The van der Waals surface area contributed by atoms with Crippen LogP contribution < -0.4 is 0 Å². The van der Waals surface area contributed by atoms with Crippen LogP contribution in [0.3, 0.4) is 0 Å². The van der Waals surface area contributed by atoms with Gasteiger partial charge < -0.3 is 0 Å². The van der Waals surface area contributed by atoms with Crippen molar-refractivity contribution in [1.29, 1.82) is 0 Å². The number of pyridine rings is 2. The van der Waals surface area contributed by atoms with E-state index < -0.39 is 0 Å². The number of nitrogens with zero attached hydrogens (tertiary/aromatic N) is 8. The molecule has 7 rings (SSSR count). The minimum Gasteiger partial charge on any atom is -0.258 e. The Labute approximate surface area is 232 Å². The molecule has 5 heterocycles. The van der Waals surface area contributed by atoms with Gasteiger partial charge in [-0.05, 0) is 77.9 Å². The first-order valence-electron chi connectivity index (χ1n) is 13.0. The molecule has 0 unspecified atom stereocenters. The first-order chi connectivity index (χ1) is 19.3. The third-order valence-corrected chi connectivity index (χ3v) is 6.77. The Bertz CT molecular complexity index is 1840. The second-order valence-corrected chi connectivity index (χ2v) is 9.50. The number of aromatic nitrogens is 8. The normalized spacial score (nSPS) is 10.8. The van der Waals surface area contributed by atoms with Gasteiger partial charge in [-0.2, -0.15) is 0 Å². The lowest BCUT2D eigenvalue weighted by Gasteiger charge is -2.09. The monoisotopic (exact) mass is 526 g/mol. The summed E-state index contributed by atoms with van der Waals surface area (Å²) in [5.74, 6) is 0. The maximum absolute atomic E-state index is 4.72. The lowest BCUT2D eigenvalue weighted by molar-refractivity contribution is 1.05. The van der Waals surface area contributed by atoms with E-state index in [-0.39, 0.29) is 0 Å². The highest BCUT2D eigenvalue weighted by Gasteiger charge is 2.13. The van der Waals surface area contributed by atoms with E-state index in [0.29, 0.717) is 0 Å². The molecule has 0 spiro atoms. The Kier molecular flexibility index (Phi) is 7.59. The van der Waals surface area contributed by atoms with Gasteiger partial charge >= 0.3 is 0 Å². The van der Waals surface area contributed by atoms with Gasteiger partial charge in [0.1, 0.15) is 0 Å². The molecule has 5 aromatic heterocycles. The Morgan fingerprint density at radius 1 is 0.350 bits per heavy atom. The zero-order chi connectivity index (χ0) is 28.2. The fourth-order valence-electron chi connectivity index (χ4n) is 4.20. The van der Waals surface area contributed by atoms with E-state index in [1.165, 1.54) is 0 Å². The van der Waals surface area contributed by atoms with E-state index in [2.05, 4.69) is 29.9 Å². The highest BCUT2D eigenvalue weighted by atomic mass is 14.8. The van der Waals surface area contributed by atoms with Crippen LogP contribution in [-0.4, -0.2) is 39.9 Å². The second kappa shape index (κ2) is 11.4. The number of rotatable bonds is 0. The van der Waals surface area contributed by atoms with Crippen LogP contribution in [0.2, 0.25) is 0 Å². The fraction of sp³-hybridized carbons (Fsp3) is 0.188. The van der Waals surface area contributed by atoms with Gasteiger partial charge in [-0.3, -0.25) is 19.9 Å². The minimum absolute atomic E-state index is 0.883. The second-order valence-electron chi connectivity index (χ2n) is 9.50. The largest absolute Gasteiger partial charge is 0.258 e. The van der Waals surface area contributed by atoms with E-state index in [0.717, 1.165) is 78.0 Å². The van der Waals surface area contributed by atoms with Crippen LogP contribution >= 0.6 is 0 Å². The van der Waals surface area contributed by atoms with Crippen LogP contribution in [0.15, 0.2) is 73.3 Å². The van der Waals surface area contributed by atoms with Crippen LogP contribution in [0, 0.1) is 41.5 Å². The quantitative estimate of drug-likeness (QED) is 0.202. The summed E-state index contributed by atoms with van der Waals surface area (Å²) in [6, 6.07) is 15.8. The van der Waals surface area contributed by atoms with E-state index in [9.17, 15) is 0 Å². The van der Waals surface area contributed by atoms with E-state index in [1.54, 1.807) is 24.8 Å². The summed E-state index contributed by atoms with van der Waals surface area (Å²) in [6.45, 7) is 11.8. The van der Waals surface area contributed by atoms with Crippen molar-refractivity contribution < 1.29 is 0 Å². The maximum Gasteiger partial charge on any atom is 0.0992 e. The molecule has 0 N–H and O–H groups in total. The van der Waals surface area contributed by atoms with Crippen molar-refractivity contribution in [1.82, 2.24) is 39.9 Å². The lowest BCUT2D eigenvalue weighted by Crippen LogP contribution is -1.97. The molecule has 0 saturated carbocycles. The highest BCUT2D eigenvalue weighted by molar-refractivity contribution is 6.20. The molecule has 0 bridgehead atoms. The van der Waals surface area contributed by atoms with E-state index in [4.69, 9.17) is 9.97 Å². The summed E-state index contributed by atoms with van der Waals surface area (Å²) >= 11 is 0. The van der Waals surface area contributed by atoms with Crippen LogP contribution in [0.1, 0.15) is 34.2 Å². The summed E-state index contributed by atoms with van der Waals surface area (Å²) in [4.78, 5) is 35.3. The molecule has 8 nitrogen and oxygen atoms in total. The molecule has 2 aromatic carbocycles. The van der Waals surface area contributed by atoms with Crippen molar-refractivity contribution >= 4 is 43.9 Å². The maximum atomic E-state index is 4.72. The molecular weight excluding hydrogens is 496 g/mol. The summed E-state index contributed by atoms with van der Waals surface area (Å²) in [6.07, 6.45) is 6.97. The van der Waals surface area contributed by atoms with Crippen molar-refractivity contribution in [3.05, 3.63) is 107 Å². The standard InChI is InChI=1S/C16H12N4.C10H10N2.C6H8N2/c1-9-10(2)20-16-12-6-4-8-18-14(12)13-11(15(16)19-9)5-3-7-17-13;1-7-8(2)12-10-6-4-3-5-9(10)11-7;1-5-6(2)8-4-3-7-5/h3-8H,1-2H3;3-6H,1-2H3;3-4H,1-2H3. The van der Waals surface area contributed by atoms with E-state index >= 15 is 0 Å². The fourth-order valence-corrected chi connectivity index (χ4v) is 4.20. The number of aryl methyl sites for hydroxylation is 6. The smallest absolute Gasteiger partial charge is 0.0992 e. The summed E-state index contributed by atoms with van der Waals surface area (Å²) < 4.78 is 0. The van der Waals surface area contributed by atoms with Crippen molar-refractivity contribution in [3.8, 4) is 0 Å². The van der Waals surface area contributed by atoms with Gasteiger partial charge in [0.15, 0.2) is 0 Å². The summed E-state index contributed by atoms with van der Waals surface area (Å²) in [5.41, 5.74) is 11.4. The zero-order valence-electron chi connectivity index (χ0n) is 23.5. The Morgan fingerprint density at radius 3 is 1.15 bits per heavy atom. The third kappa shape index (κ3) is 5.42. The number of benzene rings is 2. The van der Waals surface area contributed by atoms with Gasteiger partial charge in [-0.25, -0.2) is 19.9 Å². The Hall–Kier alpha value is -4.98. The molecule has 0 saturated heterocycles. The first kappa shape index (κ1) is 26.6. The molecular formula is C32H30N8. The summed E-state index contributed by atoms with van der Waals surface area (Å²) in [7, 11) is 0. The molecule has 0 aliphatic carbocycles. The SMILES string of the molecule is Cc1nc2c3cccnc3c3ncccc3c2nc1C.Cc1nc2ccccc2nc1C.Cc1nccnc1C. The highest BCUT2D eigenvalue weighted by Crippen LogP contribution is 2.30. The van der Waals surface area contributed by atoms with Crippen molar-refractivity contribution in [2.75, 3.05) is 0 Å². The molecule has 0 radical (unpaired) electrons. The van der Waals surface area contributed by atoms with Gasteiger partial charge in [0.2, 0.25) is 0 Å². The average Bonchev–Trinajstić information content (AvgIpc) is 2.97. The zero-order valence-corrected chi connectivity index (χ0v) is 23.5. The number of para-hydroxylation sites is 2. The molecule has 0 fully saturated rings. The van der Waals surface area contributed by atoms with Crippen LogP contribution in [0.4, 0.5) is 0 Å². The average molecular weight is 527 g/mol. The van der Waals surface area contributed by atoms with Crippen molar-refractivity contribution in [2.45, 2.75) is 41.5 Å². The molecule has 0 amide bonds. The predicted octanol–water partition coefficient (Wildman–Crippen LogP) is 6.68. The van der Waals surface area contributed by atoms with Crippen LogP contribution in [0.5, 0.6) is 0 Å². The summed E-state index contributed by atoms with van der Waals surface area (Å²) in [5, 5.41) is 2.01. The molecule has 0 aliphatic heterocycles. The lowest BCUT2D eigenvalue weighted by atomic mass is 10.1. The molecule has 198 valence electrons. The molecule has 8 heteroatoms. The molecule has 40 heavy (non-hydrogen) atoms. The number of hydrogen-bond acceptors (Lipinski definition) is 8. The molecule has 0 aliphatic rings. The first-order valence-corrected chi connectivity index (χ1v) is 13.0.